The average Bonchev–Trinajstić information content (AvgIpc) is 2.76. The number of nitrogens with one attached hydrogen (secondary N) is 1. The number of amides is 3. The summed E-state index contributed by atoms with van der Waals surface area (Å²) in [7, 11) is 0. The molecule has 33 heavy (non-hydrogen) atoms. The minimum absolute atomic E-state index is 0.0289. The molecule has 1 aliphatic heterocycles. The summed E-state index contributed by atoms with van der Waals surface area (Å²) in [4.78, 5) is 42.7. The van der Waals surface area contributed by atoms with Crippen molar-refractivity contribution < 1.29 is 14.4 Å². The first-order chi connectivity index (χ1) is 15.6. The van der Waals surface area contributed by atoms with Gasteiger partial charge in [0, 0.05) is 48.3 Å². The minimum Gasteiger partial charge on any atom is -0.354 e. The molecule has 3 amide bonds. The van der Waals surface area contributed by atoms with E-state index in [1.165, 1.54) is 19.3 Å². The van der Waals surface area contributed by atoms with Crippen LogP contribution in [0.4, 0.5) is 5.69 Å². The molecule has 0 unspecified atom stereocenters. The van der Waals surface area contributed by atoms with Crippen molar-refractivity contribution in [1.29, 1.82) is 0 Å². The topological polar surface area (TPSA) is 69.7 Å². The van der Waals surface area contributed by atoms with Crippen LogP contribution in [0.25, 0.3) is 0 Å². The molecular weight excluding hydrogens is 414 g/mol. The molecule has 182 valence electrons. The van der Waals surface area contributed by atoms with Crippen LogP contribution in [-0.2, 0) is 16.0 Å². The number of aryl methyl sites for hydroxylation is 1. The van der Waals surface area contributed by atoms with E-state index in [0.29, 0.717) is 31.5 Å². The summed E-state index contributed by atoms with van der Waals surface area (Å²) in [6, 6.07) is 4.42. The van der Waals surface area contributed by atoms with Gasteiger partial charge in [0.15, 0.2) is 0 Å². The first kappa shape index (κ1) is 25.3. The van der Waals surface area contributed by atoms with Crippen LogP contribution in [0.15, 0.2) is 12.1 Å². The molecule has 1 fully saturated rings. The van der Waals surface area contributed by atoms with Gasteiger partial charge in [-0.05, 0) is 57.2 Å². The van der Waals surface area contributed by atoms with E-state index in [1.807, 2.05) is 33.8 Å². The molecule has 6 heteroatoms. The standard InChI is InChI=1S/C27H41N3O3/c1-7-24(31)28-13-14-29-23-16-22(19(4)15-20(23)17-27(5,6)26(29)33)25(32)30(18(2)3)21-11-9-8-10-12-21/h15-16,18,21H,7-14,17H2,1-6H3,(H,28,31). The van der Waals surface area contributed by atoms with Gasteiger partial charge in [0.25, 0.3) is 5.91 Å². The Hall–Kier alpha value is -2.37. The van der Waals surface area contributed by atoms with Crippen LogP contribution in [0, 0.1) is 12.3 Å². The maximum absolute atomic E-state index is 13.8. The fraction of sp³-hybridized carbons (Fsp3) is 0.667. The summed E-state index contributed by atoms with van der Waals surface area (Å²) >= 11 is 0. The van der Waals surface area contributed by atoms with Crippen molar-refractivity contribution in [3.05, 3.63) is 28.8 Å². The molecule has 1 aromatic carbocycles. The summed E-state index contributed by atoms with van der Waals surface area (Å²) in [6.45, 7) is 12.7. The molecule has 1 aliphatic carbocycles. The lowest BCUT2D eigenvalue weighted by Gasteiger charge is -2.40. The molecule has 1 heterocycles. The van der Waals surface area contributed by atoms with E-state index >= 15 is 0 Å². The smallest absolute Gasteiger partial charge is 0.254 e. The van der Waals surface area contributed by atoms with E-state index < -0.39 is 5.41 Å². The molecular formula is C27H41N3O3. The number of fused-ring (bicyclic) bond motifs is 1. The highest BCUT2D eigenvalue weighted by Crippen LogP contribution is 2.39. The monoisotopic (exact) mass is 455 g/mol. The molecule has 0 spiro atoms. The molecule has 0 aromatic heterocycles. The zero-order valence-electron chi connectivity index (χ0n) is 21.3. The number of rotatable bonds is 7. The summed E-state index contributed by atoms with van der Waals surface area (Å²) in [5.41, 5.74) is 3.02. The van der Waals surface area contributed by atoms with Gasteiger partial charge in [-0.15, -0.1) is 0 Å². The van der Waals surface area contributed by atoms with E-state index in [1.54, 1.807) is 4.90 Å². The Bertz CT molecular complexity index is 900. The zero-order valence-corrected chi connectivity index (χ0v) is 21.3. The normalized spacial score (nSPS) is 18.3. The summed E-state index contributed by atoms with van der Waals surface area (Å²) < 4.78 is 0. The molecule has 0 radical (unpaired) electrons. The highest BCUT2D eigenvalue weighted by atomic mass is 16.2. The highest BCUT2D eigenvalue weighted by molar-refractivity contribution is 6.03. The Morgan fingerprint density at radius 2 is 1.85 bits per heavy atom. The average molecular weight is 456 g/mol. The van der Waals surface area contributed by atoms with Crippen LogP contribution in [0.2, 0.25) is 0 Å². The van der Waals surface area contributed by atoms with E-state index in [2.05, 4.69) is 30.1 Å². The van der Waals surface area contributed by atoms with Crippen LogP contribution in [0.5, 0.6) is 0 Å². The van der Waals surface area contributed by atoms with Crippen LogP contribution < -0.4 is 10.2 Å². The number of carbonyl (C=O) groups excluding carboxylic acids is 3. The Labute approximate surface area is 199 Å². The van der Waals surface area contributed by atoms with Crippen LogP contribution in [-0.4, -0.2) is 47.8 Å². The first-order valence-electron chi connectivity index (χ1n) is 12.6. The molecule has 0 bridgehead atoms. The van der Waals surface area contributed by atoms with Crippen LogP contribution in [0.1, 0.15) is 94.6 Å². The highest BCUT2D eigenvalue weighted by Gasteiger charge is 2.40. The zero-order chi connectivity index (χ0) is 24.3. The lowest BCUT2D eigenvalue weighted by molar-refractivity contribution is -0.127. The molecule has 0 saturated heterocycles. The van der Waals surface area contributed by atoms with Gasteiger partial charge in [-0.25, -0.2) is 0 Å². The van der Waals surface area contributed by atoms with Crippen molar-refractivity contribution in [1.82, 2.24) is 10.2 Å². The van der Waals surface area contributed by atoms with Crippen molar-refractivity contribution in [3.63, 3.8) is 0 Å². The molecule has 3 rings (SSSR count). The van der Waals surface area contributed by atoms with Gasteiger partial charge in [0.05, 0.1) is 0 Å². The predicted molar refractivity (Wildman–Crippen MR) is 132 cm³/mol. The second-order valence-corrected chi connectivity index (χ2v) is 10.6. The number of benzene rings is 1. The number of hydrogen-bond acceptors (Lipinski definition) is 3. The van der Waals surface area contributed by atoms with Gasteiger partial charge in [-0.3, -0.25) is 14.4 Å². The Kier molecular flexibility index (Phi) is 7.86. The second-order valence-electron chi connectivity index (χ2n) is 10.6. The quantitative estimate of drug-likeness (QED) is 0.652. The van der Waals surface area contributed by atoms with Gasteiger partial charge in [0.2, 0.25) is 11.8 Å². The van der Waals surface area contributed by atoms with Gasteiger partial charge in [0.1, 0.15) is 0 Å². The fourth-order valence-electron chi connectivity index (χ4n) is 5.38. The largest absolute Gasteiger partial charge is 0.354 e. The lowest BCUT2D eigenvalue weighted by Crippen LogP contribution is -2.49. The maximum Gasteiger partial charge on any atom is 0.254 e. The van der Waals surface area contributed by atoms with Gasteiger partial charge in [-0.1, -0.05) is 46.1 Å². The van der Waals surface area contributed by atoms with E-state index in [9.17, 15) is 14.4 Å². The Morgan fingerprint density at radius 1 is 1.18 bits per heavy atom. The SMILES string of the molecule is CCC(=O)NCCN1C(=O)C(C)(C)Cc2cc(C)c(C(=O)N(C(C)C)C3CCCCC3)cc21. The number of hydrogen-bond donors (Lipinski definition) is 1. The third-order valence-electron chi connectivity index (χ3n) is 7.14. The van der Waals surface area contributed by atoms with Crippen molar-refractivity contribution in [3.8, 4) is 0 Å². The molecule has 2 aliphatic rings. The number of carbonyl (C=O) groups is 3. The number of nitrogens with zero attached hydrogens (tertiary/aromatic N) is 2. The van der Waals surface area contributed by atoms with Gasteiger partial charge in [-0.2, -0.15) is 0 Å². The minimum atomic E-state index is -0.522. The van der Waals surface area contributed by atoms with Gasteiger partial charge >= 0.3 is 0 Å². The van der Waals surface area contributed by atoms with Crippen molar-refractivity contribution in [2.45, 2.75) is 98.6 Å². The lowest BCUT2D eigenvalue weighted by atomic mass is 9.79. The number of anilines is 1. The molecule has 1 N–H and O–H groups in total. The van der Waals surface area contributed by atoms with Crippen molar-refractivity contribution in [2.75, 3.05) is 18.0 Å². The molecule has 1 saturated carbocycles. The summed E-state index contributed by atoms with van der Waals surface area (Å²) in [5, 5.41) is 2.88. The fourth-order valence-corrected chi connectivity index (χ4v) is 5.38. The first-order valence-corrected chi connectivity index (χ1v) is 12.6. The Morgan fingerprint density at radius 3 is 2.45 bits per heavy atom. The van der Waals surface area contributed by atoms with E-state index in [0.717, 1.165) is 29.7 Å². The Balaban J connectivity index is 1.96. The molecule has 6 nitrogen and oxygen atoms in total. The second kappa shape index (κ2) is 10.3. The summed E-state index contributed by atoms with van der Waals surface area (Å²) in [5.74, 6) is 0.0727. The van der Waals surface area contributed by atoms with Crippen LogP contribution in [0.3, 0.4) is 0 Å². The van der Waals surface area contributed by atoms with Gasteiger partial charge < -0.3 is 15.1 Å². The third kappa shape index (κ3) is 5.42. The predicted octanol–water partition coefficient (Wildman–Crippen LogP) is 4.62. The van der Waals surface area contributed by atoms with E-state index in [4.69, 9.17) is 0 Å². The third-order valence-corrected chi connectivity index (χ3v) is 7.14. The summed E-state index contributed by atoms with van der Waals surface area (Å²) in [6.07, 6.45) is 6.77. The van der Waals surface area contributed by atoms with Crippen molar-refractivity contribution in [2.24, 2.45) is 5.41 Å². The molecule has 0 atom stereocenters. The molecule has 1 aromatic rings. The van der Waals surface area contributed by atoms with E-state index in [-0.39, 0.29) is 29.8 Å². The maximum atomic E-state index is 13.8. The van der Waals surface area contributed by atoms with Crippen LogP contribution >= 0.6 is 0 Å². The van der Waals surface area contributed by atoms with Crippen molar-refractivity contribution >= 4 is 23.4 Å².